The smallest absolute Gasteiger partial charge is 0.275 e. The van der Waals surface area contributed by atoms with Gasteiger partial charge in [-0.05, 0) is 36.2 Å². The lowest BCUT2D eigenvalue weighted by molar-refractivity contribution is 0.101. The average Bonchev–Trinajstić information content (AvgIpc) is 3.21. The molecule has 0 aliphatic heterocycles. The van der Waals surface area contributed by atoms with Crippen LogP contribution in [0.15, 0.2) is 59.6 Å². The van der Waals surface area contributed by atoms with Gasteiger partial charge in [0.15, 0.2) is 21.3 Å². The van der Waals surface area contributed by atoms with Crippen molar-refractivity contribution in [2.45, 2.75) is 18.2 Å². The van der Waals surface area contributed by atoms with E-state index in [0.29, 0.717) is 17.2 Å². The molecule has 32 heavy (non-hydrogen) atoms. The first-order chi connectivity index (χ1) is 15.3. The molecule has 0 saturated carbocycles. The molecule has 3 heterocycles. The molecule has 4 aromatic rings. The highest BCUT2D eigenvalue weighted by molar-refractivity contribution is 7.90. The highest BCUT2D eigenvalue weighted by Crippen LogP contribution is 2.20. The van der Waals surface area contributed by atoms with Gasteiger partial charge in [-0.25, -0.2) is 22.9 Å². The first kappa shape index (κ1) is 21.1. The number of hydrogen-bond acceptors (Lipinski definition) is 7. The van der Waals surface area contributed by atoms with E-state index in [1.54, 1.807) is 24.4 Å². The summed E-state index contributed by atoms with van der Waals surface area (Å²) < 4.78 is 25.6. The minimum Gasteiger partial charge on any atom is -0.319 e. The number of hydrogen-bond donors (Lipinski definition) is 1. The maximum atomic E-state index is 12.8. The molecule has 1 amide bonds. The zero-order valence-corrected chi connectivity index (χ0v) is 18.1. The number of sulfone groups is 1. The standard InChI is InChI=1S/C22H18N6O3S/c1-3-14-4-6-15(7-5-14)21-26-19-11-9-17(13-28(19)27-21)25-22(29)20-18(32(2,30)31)10-8-16(12-23)24-20/h4-11,13H,3H2,1-2H3,(H,25,29). The van der Waals surface area contributed by atoms with Crippen molar-refractivity contribution in [3.63, 3.8) is 0 Å². The molecule has 160 valence electrons. The van der Waals surface area contributed by atoms with Crippen molar-refractivity contribution < 1.29 is 13.2 Å². The lowest BCUT2D eigenvalue weighted by Gasteiger charge is -2.08. The van der Waals surface area contributed by atoms with E-state index in [9.17, 15) is 13.2 Å². The SMILES string of the molecule is CCc1ccc(-c2nc3ccc(NC(=O)c4nc(C#N)ccc4S(C)(=O)=O)cn3n2)cc1. The summed E-state index contributed by atoms with van der Waals surface area (Å²) in [7, 11) is -3.72. The molecule has 0 fully saturated rings. The van der Waals surface area contributed by atoms with E-state index in [4.69, 9.17) is 5.26 Å². The monoisotopic (exact) mass is 446 g/mol. The molecule has 0 aliphatic rings. The van der Waals surface area contributed by atoms with Crippen LogP contribution in [0.5, 0.6) is 0 Å². The number of nitrogens with one attached hydrogen (secondary N) is 1. The quantitative estimate of drug-likeness (QED) is 0.499. The maximum Gasteiger partial charge on any atom is 0.275 e. The van der Waals surface area contributed by atoms with Crippen LogP contribution in [0.25, 0.3) is 17.0 Å². The van der Waals surface area contributed by atoms with E-state index in [2.05, 4.69) is 27.3 Å². The Kier molecular flexibility index (Phi) is 5.42. The van der Waals surface area contributed by atoms with E-state index in [-0.39, 0.29) is 16.3 Å². The molecule has 0 bridgehead atoms. The second kappa shape index (κ2) is 8.20. The predicted octanol–water partition coefficient (Wildman–Crippen LogP) is 2.88. The second-order valence-electron chi connectivity index (χ2n) is 7.09. The zero-order chi connectivity index (χ0) is 22.9. The van der Waals surface area contributed by atoms with Crippen molar-refractivity contribution in [2.24, 2.45) is 0 Å². The lowest BCUT2D eigenvalue weighted by atomic mass is 10.1. The Balaban J connectivity index is 1.65. The lowest BCUT2D eigenvalue weighted by Crippen LogP contribution is -2.18. The topological polar surface area (TPSA) is 130 Å². The van der Waals surface area contributed by atoms with Gasteiger partial charge < -0.3 is 5.32 Å². The third-order valence-electron chi connectivity index (χ3n) is 4.80. The summed E-state index contributed by atoms with van der Waals surface area (Å²) in [5.41, 5.74) is 2.62. The van der Waals surface area contributed by atoms with Gasteiger partial charge in [-0.3, -0.25) is 4.79 Å². The van der Waals surface area contributed by atoms with E-state index in [1.807, 2.05) is 24.3 Å². The number of nitriles is 1. The second-order valence-corrected chi connectivity index (χ2v) is 9.07. The summed E-state index contributed by atoms with van der Waals surface area (Å²) in [5, 5.41) is 16.1. The average molecular weight is 446 g/mol. The molecule has 0 spiro atoms. The number of pyridine rings is 2. The Bertz CT molecular complexity index is 1480. The van der Waals surface area contributed by atoms with Crippen LogP contribution in [-0.2, 0) is 16.3 Å². The fourth-order valence-electron chi connectivity index (χ4n) is 3.13. The van der Waals surface area contributed by atoms with Gasteiger partial charge in [-0.1, -0.05) is 31.2 Å². The number of rotatable bonds is 5. The number of amides is 1. The van der Waals surface area contributed by atoms with Gasteiger partial charge in [0.2, 0.25) is 0 Å². The molecule has 1 N–H and O–H groups in total. The maximum absolute atomic E-state index is 12.8. The van der Waals surface area contributed by atoms with Crippen LogP contribution in [0.4, 0.5) is 5.69 Å². The normalized spacial score (nSPS) is 11.3. The Morgan fingerprint density at radius 2 is 1.84 bits per heavy atom. The third kappa shape index (κ3) is 4.19. The summed E-state index contributed by atoms with van der Waals surface area (Å²) in [4.78, 5) is 20.9. The minimum atomic E-state index is -3.72. The number of anilines is 1. The van der Waals surface area contributed by atoms with Crippen LogP contribution in [0.2, 0.25) is 0 Å². The van der Waals surface area contributed by atoms with Gasteiger partial charge in [0.25, 0.3) is 5.91 Å². The van der Waals surface area contributed by atoms with Crippen molar-refractivity contribution in [1.82, 2.24) is 19.6 Å². The van der Waals surface area contributed by atoms with Crippen molar-refractivity contribution >= 4 is 27.1 Å². The van der Waals surface area contributed by atoms with Crippen LogP contribution < -0.4 is 5.32 Å². The number of carbonyl (C=O) groups excluding carboxylic acids is 1. The fourth-order valence-corrected chi connectivity index (χ4v) is 3.93. The molecular weight excluding hydrogens is 428 g/mol. The van der Waals surface area contributed by atoms with Gasteiger partial charge in [-0.2, -0.15) is 5.26 Å². The highest BCUT2D eigenvalue weighted by Gasteiger charge is 2.21. The van der Waals surface area contributed by atoms with Crippen LogP contribution in [0.3, 0.4) is 0 Å². The molecule has 0 aliphatic carbocycles. The third-order valence-corrected chi connectivity index (χ3v) is 5.92. The van der Waals surface area contributed by atoms with E-state index in [0.717, 1.165) is 18.2 Å². The summed E-state index contributed by atoms with van der Waals surface area (Å²) in [6.45, 7) is 2.08. The zero-order valence-electron chi connectivity index (χ0n) is 17.3. The molecule has 0 saturated heterocycles. The molecule has 0 radical (unpaired) electrons. The Hall–Kier alpha value is -4.10. The van der Waals surface area contributed by atoms with Gasteiger partial charge >= 0.3 is 0 Å². The Morgan fingerprint density at radius 1 is 1.09 bits per heavy atom. The van der Waals surface area contributed by atoms with E-state index < -0.39 is 15.7 Å². The number of nitrogens with zero attached hydrogens (tertiary/aromatic N) is 5. The van der Waals surface area contributed by atoms with Gasteiger partial charge in [0.05, 0.1) is 16.8 Å². The molecular formula is C22H18N6O3S. The summed E-state index contributed by atoms with van der Waals surface area (Å²) in [6, 6.07) is 15.5. The Labute approximate surface area is 184 Å². The molecule has 4 rings (SSSR count). The number of benzene rings is 1. The van der Waals surface area contributed by atoms with E-state index in [1.165, 1.54) is 22.2 Å². The van der Waals surface area contributed by atoms with Crippen LogP contribution in [0.1, 0.15) is 28.7 Å². The highest BCUT2D eigenvalue weighted by atomic mass is 32.2. The molecule has 10 heteroatoms. The largest absolute Gasteiger partial charge is 0.319 e. The molecule has 0 unspecified atom stereocenters. The van der Waals surface area contributed by atoms with Gasteiger partial charge in [-0.15, -0.1) is 5.10 Å². The van der Waals surface area contributed by atoms with Crippen LogP contribution >= 0.6 is 0 Å². The molecule has 0 atom stereocenters. The minimum absolute atomic E-state index is 0.0620. The van der Waals surface area contributed by atoms with Crippen molar-refractivity contribution in [3.8, 4) is 17.5 Å². The number of aromatic nitrogens is 4. The van der Waals surface area contributed by atoms with Crippen LogP contribution in [0, 0.1) is 11.3 Å². The van der Waals surface area contributed by atoms with Gasteiger partial charge in [0, 0.05) is 11.8 Å². The summed E-state index contributed by atoms with van der Waals surface area (Å²) in [5.74, 6) is -0.212. The first-order valence-corrected chi connectivity index (χ1v) is 11.6. The van der Waals surface area contributed by atoms with Crippen molar-refractivity contribution in [2.75, 3.05) is 11.6 Å². The van der Waals surface area contributed by atoms with Crippen LogP contribution in [-0.4, -0.2) is 40.2 Å². The van der Waals surface area contributed by atoms with Crippen molar-refractivity contribution in [1.29, 1.82) is 5.26 Å². The van der Waals surface area contributed by atoms with E-state index >= 15 is 0 Å². The van der Waals surface area contributed by atoms with Gasteiger partial charge in [0.1, 0.15) is 17.5 Å². The summed E-state index contributed by atoms with van der Waals surface area (Å²) in [6.07, 6.45) is 3.48. The fraction of sp³-hybridized carbons (Fsp3) is 0.136. The summed E-state index contributed by atoms with van der Waals surface area (Å²) >= 11 is 0. The first-order valence-electron chi connectivity index (χ1n) is 9.67. The number of carbonyl (C=O) groups is 1. The molecule has 9 nitrogen and oxygen atoms in total. The molecule has 1 aromatic carbocycles. The number of fused-ring (bicyclic) bond motifs is 1. The predicted molar refractivity (Wildman–Crippen MR) is 118 cm³/mol. The molecule has 3 aromatic heterocycles. The van der Waals surface area contributed by atoms with Crippen molar-refractivity contribution in [3.05, 3.63) is 71.7 Å². The number of aryl methyl sites for hydroxylation is 1. The Morgan fingerprint density at radius 3 is 2.50 bits per heavy atom.